The molecule has 0 unspecified atom stereocenters. The number of hydrogen-bond acceptors (Lipinski definition) is 5. The molecule has 0 aliphatic carbocycles. The van der Waals surface area contributed by atoms with Gasteiger partial charge in [-0.15, -0.1) is 0 Å². The largest absolute Gasteiger partial charge is 0.360 e. The molecular weight excluding hydrogens is 192 g/mol. The molecule has 6 heteroatoms. The first-order valence-corrected chi connectivity index (χ1v) is 4.58. The van der Waals surface area contributed by atoms with E-state index >= 15 is 0 Å². The Morgan fingerprint density at radius 2 is 2.38 bits per heavy atom. The van der Waals surface area contributed by atoms with Crippen LogP contribution in [0.15, 0.2) is 18.3 Å². The van der Waals surface area contributed by atoms with Gasteiger partial charge in [-0.3, -0.25) is 9.17 Å². The van der Waals surface area contributed by atoms with Crippen LogP contribution in [0.3, 0.4) is 0 Å². The lowest BCUT2D eigenvalue weighted by Crippen LogP contribution is -2.06. The Morgan fingerprint density at radius 1 is 1.62 bits per heavy atom. The lowest BCUT2D eigenvalue weighted by Gasteiger charge is -2.05. The molecule has 1 rings (SSSR count). The second-order valence-electron chi connectivity index (χ2n) is 2.17. The maximum Gasteiger partial charge on any atom is 0.258 e. The average molecular weight is 201 g/mol. The number of rotatable bonds is 4. The number of hydrogen-bond donors (Lipinski definition) is 2. The van der Waals surface area contributed by atoms with Crippen LogP contribution in [0.1, 0.15) is 5.69 Å². The number of thiol groups is 1. The standard InChI is InChI=1S/C7H9N2O3S/c1-6-7(3-2-4-8-6)9-5-12-13(10)11/h2-4,9,13H,1,5H2. The van der Waals surface area contributed by atoms with Crippen molar-refractivity contribution in [2.45, 2.75) is 0 Å². The fraction of sp³-hybridized carbons (Fsp3) is 0.143. The molecule has 1 radical (unpaired) electrons. The molecule has 13 heavy (non-hydrogen) atoms. The van der Waals surface area contributed by atoms with E-state index in [2.05, 4.69) is 21.4 Å². The van der Waals surface area contributed by atoms with Crippen LogP contribution in [0.2, 0.25) is 0 Å². The zero-order valence-corrected chi connectivity index (χ0v) is 7.66. The van der Waals surface area contributed by atoms with Crippen LogP contribution in [0.4, 0.5) is 5.69 Å². The minimum absolute atomic E-state index is 0.104. The van der Waals surface area contributed by atoms with Gasteiger partial charge in [0.15, 0.2) is 0 Å². The Kier molecular flexibility index (Phi) is 3.66. The third kappa shape index (κ3) is 3.39. The highest BCUT2D eigenvalue weighted by Gasteiger charge is 1.95. The maximum atomic E-state index is 10.0. The number of pyridine rings is 1. The van der Waals surface area contributed by atoms with Gasteiger partial charge in [0.1, 0.15) is 6.73 Å². The molecule has 0 aliphatic heterocycles. The third-order valence-corrected chi connectivity index (χ3v) is 1.66. The summed E-state index contributed by atoms with van der Waals surface area (Å²) in [6, 6.07) is 3.45. The van der Waals surface area contributed by atoms with Gasteiger partial charge >= 0.3 is 0 Å². The molecule has 1 N–H and O–H groups in total. The number of nitrogens with one attached hydrogen (secondary N) is 1. The van der Waals surface area contributed by atoms with E-state index in [9.17, 15) is 8.42 Å². The molecule has 1 heterocycles. The summed E-state index contributed by atoms with van der Waals surface area (Å²) in [5, 5.41) is 2.71. The van der Waals surface area contributed by atoms with E-state index in [1.165, 1.54) is 0 Å². The highest BCUT2D eigenvalue weighted by molar-refractivity contribution is 7.67. The lowest BCUT2D eigenvalue weighted by atomic mass is 10.3. The second-order valence-corrected chi connectivity index (χ2v) is 2.88. The van der Waals surface area contributed by atoms with Crippen molar-refractivity contribution >= 4 is 16.7 Å². The fourth-order valence-corrected chi connectivity index (χ4v) is 0.932. The Labute approximate surface area is 77.9 Å². The van der Waals surface area contributed by atoms with Crippen LogP contribution in [-0.4, -0.2) is 20.1 Å². The highest BCUT2D eigenvalue weighted by Crippen LogP contribution is 2.09. The SMILES string of the molecule is [CH2]c1ncccc1NCO[SH](=O)=O. The van der Waals surface area contributed by atoms with Gasteiger partial charge in [-0.1, -0.05) is 0 Å². The Morgan fingerprint density at radius 3 is 3.00 bits per heavy atom. The van der Waals surface area contributed by atoms with Crippen molar-refractivity contribution in [3.63, 3.8) is 0 Å². The first-order chi connectivity index (χ1) is 6.20. The Balaban J connectivity index is 2.50. The predicted molar refractivity (Wildman–Crippen MR) is 48.6 cm³/mol. The van der Waals surface area contributed by atoms with Crippen LogP contribution in [0.25, 0.3) is 0 Å². The molecule has 1 aromatic heterocycles. The summed E-state index contributed by atoms with van der Waals surface area (Å²) in [5.41, 5.74) is 1.20. The predicted octanol–water partition coefficient (Wildman–Crippen LogP) is 0.176. The molecule has 71 valence electrons. The van der Waals surface area contributed by atoms with Crippen molar-refractivity contribution in [2.24, 2.45) is 0 Å². The van der Waals surface area contributed by atoms with Crippen LogP contribution in [0.5, 0.6) is 0 Å². The van der Waals surface area contributed by atoms with E-state index < -0.39 is 11.0 Å². The van der Waals surface area contributed by atoms with Gasteiger partial charge in [-0.05, 0) is 19.1 Å². The third-order valence-electron chi connectivity index (χ3n) is 1.32. The topological polar surface area (TPSA) is 68.3 Å². The summed E-state index contributed by atoms with van der Waals surface area (Å²) in [6.07, 6.45) is 1.60. The van der Waals surface area contributed by atoms with Crippen molar-refractivity contribution < 1.29 is 12.6 Å². The van der Waals surface area contributed by atoms with Gasteiger partial charge in [-0.25, -0.2) is 8.42 Å². The molecule has 0 atom stereocenters. The molecule has 0 saturated heterocycles. The molecule has 0 bridgehead atoms. The Bertz CT molecular complexity index is 343. The monoisotopic (exact) mass is 201 g/mol. The quantitative estimate of drug-likeness (QED) is 0.537. The van der Waals surface area contributed by atoms with Crippen LogP contribution in [0, 0.1) is 6.92 Å². The van der Waals surface area contributed by atoms with E-state index in [-0.39, 0.29) is 6.73 Å². The van der Waals surface area contributed by atoms with Crippen LogP contribution < -0.4 is 5.32 Å². The first kappa shape index (κ1) is 9.94. The van der Waals surface area contributed by atoms with E-state index in [0.717, 1.165) is 0 Å². The molecular formula is C7H9N2O3S. The summed E-state index contributed by atoms with van der Waals surface area (Å²) in [5.74, 6) is 0. The van der Waals surface area contributed by atoms with Crippen LogP contribution >= 0.6 is 0 Å². The van der Waals surface area contributed by atoms with E-state index in [4.69, 9.17) is 0 Å². The summed E-state index contributed by atoms with van der Waals surface area (Å²) in [7, 11) is -2.81. The first-order valence-electron chi connectivity index (χ1n) is 3.48. The number of aromatic nitrogens is 1. The fourth-order valence-electron chi connectivity index (χ4n) is 0.762. The molecule has 0 aliphatic rings. The zero-order valence-electron chi connectivity index (χ0n) is 6.77. The molecule has 5 nitrogen and oxygen atoms in total. The number of nitrogens with zero attached hydrogens (tertiary/aromatic N) is 1. The van der Waals surface area contributed by atoms with E-state index in [1.807, 2.05) is 0 Å². The molecule has 0 saturated carbocycles. The van der Waals surface area contributed by atoms with Gasteiger partial charge < -0.3 is 5.32 Å². The summed E-state index contributed by atoms with van der Waals surface area (Å²) < 4.78 is 24.3. The average Bonchev–Trinajstić information content (AvgIpc) is 2.08. The van der Waals surface area contributed by atoms with E-state index in [1.54, 1.807) is 18.3 Å². The van der Waals surface area contributed by atoms with Crippen molar-refractivity contribution in [3.8, 4) is 0 Å². The highest BCUT2D eigenvalue weighted by atomic mass is 32.2. The van der Waals surface area contributed by atoms with Gasteiger partial charge in [-0.2, -0.15) is 0 Å². The minimum atomic E-state index is -2.81. The molecule has 0 aromatic carbocycles. The molecule has 0 fully saturated rings. The van der Waals surface area contributed by atoms with Crippen molar-refractivity contribution in [2.75, 3.05) is 12.0 Å². The maximum absolute atomic E-state index is 10.0. The van der Waals surface area contributed by atoms with Gasteiger partial charge in [0, 0.05) is 6.20 Å². The van der Waals surface area contributed by atoms with E-state index in [0.29, 0.717) is 11.4 Å². The zero-order chi connectivity index (χ0) is 9.68. The Hall–Kier alpha value is -1.14. The minimum Gasteiger partial charge on any atom is -0.360 e. The van der Waals surface area contributed by atoms with Crippen LogP contribution in [-0.2, 0) is 15.2 Å². The summed E-state index contributed by atoms with van der Waals surface area (Å²) >= 11 is 0. The molecule has 0 amide bonds. The van der Waals surface area contributed by atoms with Gasteiger partial charge in [0.25, 0.3) is 11.0 Å². The van der Waals surface area contributed by atoms with Gasteiger partial charge in [0.05, 0.1) is 11.4 Å². The smallest absolute Gasteiger partial charge is 0.258 e. The van der Waals surface area contributed by atoms with Crippen molar-refractivity contribution in [1.82, 2.24) is 4.98 Å². The number of anilines is 1. The lowest BCUT2D eigenvalue weighted by molar-refractivity contribution is 0.360. The summed E-state index contributed by atoms with van der Waals surface area (Å²) in [4.78, 5) is 3.90. The van der Waals surface area contributed by atoms with Crippen molar-refractivity contribution in [3.05, 3.63) is 30.9 Å². The summed E-state index contributed by atoms with van der Waals surface area (Å²) in [6.45, 7) is 3.53. The molecule has 0 spiro atoms. The molecule has 1 aromatic rings. The second kappa shape index (κ2) is 4.78. The normalized spacial score (nSPS) is 10.3. The van der Waals surface area contributed by atoms with Crippen molar-refractivity contribution in [1.29, 1.82) is 0 Å². The van der Waals surface area contributed by atoms with Gasteiger partial charge in [0.2, 0.25) is 0 Å².